The molecule has 0 spiro atoms. The molecule has 20 heavy (non-hydrogen) atoms. The molecular weight excluding hydrogens is 254 g/mol. The normalized spacial score (nSPS) is 10.9. The highest BCUT2D eigenvalue weighted by Crippen LogP contribution is 2.25. The number of aryl methyl sites for hydroxylation is 2. The van der Waals surface area contributed by atoms with Crippen molar-refractivity contribution < 1.29 is 0 Å². The van der Waals surface area contributed by atoms with Crippen molar-refractivity contribution in [2.75, 3.05) is 5.73 Å². The van der Waals surface area contributed by atoms with Crippen LogP contribution >= 0.6 is 0 Å². The summed E-state index contributed by atoms with van der Waals surface area (Å²) in [6.45, 7) is 1.88. The number of nitrogen functional groups attached to an aromatic ring is 1. The van der Waals surface area contributed by atoms with Gasteiger partial charge in [-0.15, -0.1) is 0 Å². The molecule has 6 heteroatoms. The van der Waals surface area contributed by atoms with Gasteiger partial charge in [0.1, 0.15) is 5.82 Å². The van der Waals surface area contributed by atoms with E-state index in [0.29, 0.717) is 5.82 Å². The van der Waals surface area contributed by atoms with Crippen molar-refractivity contribution in [1.29, 1.82) is 0 Å². The number of hydrogen-bond acceptors (Lipinski definition) is 3. The van der Waals surface area contributed by atoms with Gasteiger partial charge in [-0.25, -0.2) is 4.79 Å². The van der Waals surface area contributed by atoms with Crippen molar-refractivity contribution in [1.82, 2.24) is 19.3 Å². The number of H-pyrrole nitrogens is 1. The van der Waals surface area contributed by atoms with Crippen molar-refractivity contribution in [2.45, 2.75) is 6.92 Å². The van der Waals surface area contributed by atoms with Crippen LogP contribution in [0.3, 0.4) is 0 Å². The fraction of sp³-hybridized carbons (Fsp3) is 0.143. The second kappa shape index (κ2) is 4.41. The van der Waals surface area contributed by atoms with Gasteiger partial charge in [0.25, 0.3) is 0 Å². The first-order valence-corrected chi connectivity index (χ1v) is 6.23. The van der Waals surface area contributed by atoms with E-state index in [-0.39, 0.29) is 5.69 Å². The predicted octanol–water partition coefficient (Wildman–Crippen LogP) is 1.46. The van der Waals surface area contributed by atoms with E-state index in [1.165, 1.54) is 0 Å². The maximum absolute atomic E-state index is 11.7. The minimum atomic E-state index is -0.142. The molecule has 3 rings (SSSR count). The Morgan fingerprint density at radius 2 is 1.95 bits per heavy atom. The lowest BCUT2D eigenvalue weighted by molar-refractivity contribution is 0.779. The molecule has 0 aliphatic rings. The number of rotatable bonds is 2. The van der Waals surface area contributed by atoms with Gasteiger partial charge in [-0.2, -0.15) is 5.10 Å². The Hall–Kier alpha value is -2.76. The van der Waals surface area contributed by atoms with Crippen molar-refractivity contribution in [3.63, 3.8) is 0 Å². The molecule has 3 N–H and O–H groups in total. The Morgan fingerprint density at radius 1 is 1.25 bits per heavy atom. The molecule has 2 heterocycles. The molecule has 0 amide bonds. The summed E-state index contributed by atoms with van der Waals surface area (Å²) in [6, 6.07) is 7.65. The molecule has 1 aromatic carbocycles. The van der Waals surface area contributed by atoms with Crippen LogP contribution in [0.25, 0.3) is 16.8 Å². The average Bonchev–Trinajstić information content (AvgIpc) is 2.95. The number of aromatic nitrogens is 4. The number of nitrogens with one attached hydrogen (secondary N) is 1. The maximum atomic E-state index is 11.7. The maximum Gasteiger partial charge on any atom is 0.330 e. The van der Waals surface area contributed by atoms with Crippen molar-refractivity contribution in [3.05, 3.63) is 52.8 Å². The van der Waals surface area contributed by atoms with Crippen LogP contribution < -0.4 is 11.4 Å². The van der Waals surface area contributed by atoms with E-state index in [1.807, 2.05) is 31.2 Å². The molecule has 0 unspecified atom stereocenters. The molecule has 6 nitrogen and oxygen atoms in total. The van der Waals surface area contributed by atoms with Crippen molar-refractivity contribution >= 4 is 5.82 Å². The molecule has 0 fully saturated rings. The minimum Gasteiger partial charge on any atom is -0.383 e. The number of benzene rings is 1. The van der Waals surface area contributed by atoms with Gasteiger partial charge in [-0.1, -0.05) is 12.1 Å². The molecule has 102 valence electrons. The standard InChI is InChI=1S/C14H15N5O/c1-9-7-16-14(20)19(9)11-5-3-10(4-6-11)12-8-17-18(2)13(12)15/h3-8H,15H2,1-2H3,(H,16,20). The SMILES string of the molecule is Cc1c[nH]c(=O)n1-c1ccc(-c2cnn(C)c2N)cc1. The summed E-state index contributed by atoms with van der Waals surface area (Å²) in [4.78, 5) is 14.4. The Kier molecular flexibility index (Phi) is 2.71. The summed E-state index contributed by atoms with van der Waals surface area (Å²) in [5, 5.41) is 4.12. The predicted molar refractivity (Wildman–Crippen MR) is 77.7 cm³/mol. The van der Waals surface area contributed by atoms with Crippen LogP contribution in [0.15, 0.2) is 41.5 Å². The number of anilines is 1. The summed E-state index contributed by atoms with van der Waals surface area (Å²) in [5.41, 5.74) is 9.36. The summed E-state index contributed by atoms with van der Waals surface area (Å²) in [7, 11) is 1.80. The fourth-order valence-electron chi connectivity index (χ4n) is 2.24. The third-order valence-corrected chi connectivity index (χ3v) is 3.38. The molecule has 0 bridgehead atoms. The smallest absolute Gasteiger partial charge is 0.330 e. The van der Waals surface area contributed by atoms with Gasteiger partial charge in [-0.05, 0) is 24.6 Å². The Balaban J connectivity index is 2.04. The molecule has 0 radical (unpaired) electrons. The van der Waals surface area contributed by atoms with E-state index < -0.39 is 0 Å². The van der Waals surface area contributed by atoms with Crippen molar-refractivity contribution in [2.24, 2.45) is 7.05 Å². The molecule has 0 saturated carbocycles. The van der Waals surface area contributed by atoms with Crippen LogP contribution in [0.1, 0.15) is 5.69 Å². The van der Waals surface area contributed by atoms with Gasteiger partial charge in [0, 0.05) is 24.5 Å². The quantitative estimate of drug-likeness (QED) is 0.739. The first-order chi connectivity index (χ1) is 9.58. The Labute approximate surface area is 115 Å². The van der Waals surface area contributed by atoms with Crippen LogP contribution in [0.4, 0.5) is 5.82 Å². The first kappa shape index (κ1) is 12.3. The molecular formula is C14H15N5O. The van der Waals surface area contributed by atoms with E-state index in [1.54, 1.807) is 28.7 Å². The Bertz CT molecular complexity index is 807. The zero-order valence-corrected chi connectivity index (χ0v) is 11.3. The zero-order valence-electron chi connectivity index (χ0n) is 11.3. The van der Waals surface area contributed by atoms with Gasteiger partial charge in [0.05, 0.1) is 11.9 Å². The van der Waals surface area contributed by atoms with Gasteiger partial charge in [-0.3, -0.25) is 9.25 Å². The topological polar surface area (TPSA) is 81.6 Å². The van der Waals surface area contributed by atoms with Crippen LogP contribution in [0, 0.1) is 6.92 Å². The molecule has 0 saturated heterocycles. The van der Waals surface area contributed by atoms with Gasteiger partial charge >= 0.3 is 5.69 Å². The van der Waals surface area contributed by atoms with Gasteiger partial charge in [0.15, 0.2) is 0 Å². The highest BCUT2D eigenvalue weighted by atomic mass is 16.1. The number of aromatic amines is 1. The van der Waals surface area contributed by atoms with E-state index in [4.69, 9.17) is 5.73 Å². The monoisotopic (exact) mass is 269 g/mol. The van der Waals surface area contributed by atoms with Gasteiger partial charge in [0.2, 0.25) is 0 Å². The second-order valence-electron chi connectivity index (χ2n) is 4.68. The lowest BCUT2D eigenvalue weighted by Gasteiger charge is -2.06. The largest absolute Gasteiger partial charge is 0.383 e. The molecule has 0 aliphatic carbocycles. The van der Waals surface area contributed by atoms with E-state index in [0.717, 1.165) is 22.5 Å². The number of imidazole rings is 1. The van der Waals surface area contributed by atoms with E-state index in [2.05, 4.69) is 10.1 Å². The molecule has 0 atom stereocenters. The van der Waals surface area contributed by atoms with E-state index >= 15 is 0 Å². The first-order valence-electron chi connectivity index (χ1n) is 6.23. The fourth-order valence-corrected chi connectivity index (χ4v) is 2.24. The summed E-state index contributed by atoms with van der Waals surface area (Å²) < 4.78 is 3.25. The number of nitrogens with zero attached hydrogens (tertiary/aromatic N) is 3. The van der Waals surface area contributed by atoms with Crippen LogP contribution in [0.5, 0.6) is 0 Å². The minimum absolute atomic E-state index is 0.142. The lowest BCUT2D eigenvalue weighted by atomic mass is 10.1. The van der Waals surface area contributed by atoms with Gasteiger partial charge < -0.3 is 10.7 Å². The highest BCUT2D eigenvalue weighted by molar-refractivity contribution is 5.74. The lowest BCUT2D eigenvalue weighted by Crippen LogP contribution is -2.15. The molecule has 2 aromatic heterocycles. The number of nitrogens with two attached hydrogens (primary N) is 1. The third-order valence-electron chi connectivity index (χ3n) is 3.38. The van der Waals surface area contributed by atoms with Crippen LogP contribution in [-0.4, -0.2) is 19.3 Å². The van der Waals surface area contributed by atoms with Crippen LogP contribution in [-0.2, 0) is 7.05 Å². The van der Waals surface area contributed by atoms with E-state index in [9.17, 15) is 4.79 Å². The summed E-state index contributed by atoms with van der Waals surface area (Å²) in [6.07, 6.45) is 3.42. The Morgan fingerprint density at radius 3 is 2.45 bits per heavy atom. The van der Waals surface area contributed by atoms with Crippen LogP contribution in [0.2, 0.25) is 0 Å². The highest BCUT2D eigenvalue weighted by Gasteiger charge is 2.09. The third kappa shape index (κ3) is 1.82. The average molecular weight is 269 g/mol. The summed E-state index contributed by atoms with van der Waals surface area (Å²) >= 11 is 0. The molecule has 3 aromatic rings. The number of hydrogen-bond donors (Lipinski definition) is 2. The zero-order chi connectivity index (χ0) is 14.3. The summed E-state index contributed by atoms with van der Waals surface area (Å²) in [5.74, 6) is 0.618. The second-order valence-corrected chi connectivity index (χ2v) is 4.68. The van der Waals surface area contributed by atoms with Crippen molar-refractivity contribution in [3.8, 4) is 16.8 Å². The molecule has 0 aliphatic heterocycles.